The highest BCUT2D eigenvalue weighted by Gasteiger charge is 2.17. The molecule has 0 atom stereocenters. The number of anilines is 2. The predicted octanol–water partition coefficient (Wildman–Crippen LogP) is 1.88. The van der Waals surface area contributed by atoms with Gasteiger partial charge in [-0.25, -0.2) is 18.4 Å². The van der Waals surface area contributed by atoms with E-state index in [-0.39, 0.29) is 15.7 Å². The van der Waals surface area contributed by atoms with E-state index in [2.05, 4.69) is 14.7 Å². The molecule has 0 aliphatic heterocycles. The molecule has 0 radical (unpaired) electrons. The van der Waals surface area contributed by atoms with Crippen molar-refractivity contribution in [3.8, 4) is 0 Å². The summed E-state index contributed by atoms with van der Waals surface area (Å²) in [5.41, 5.74) is 6.16. The van der Waals surface area contributed by atoms with E-state index in [0.717, 1.165) is 11.9 Å². The predicted molar refractivity (Wildman–Crippen MR) is 71.3 cm³/mol. The maximum Gasteiger partial charge on any atom is 0.265 e. The van der Waals surface area contributed by atoms with Crippen molar-refractivity contribution < 1.29 is 8.42 Å². The van der Waals surface area contributed by atoms with Gasteiger partial charge in [0.2, 0.25) is 0 Å². The van der Waals surface area contributed by atoms with Crippen molar-refractivity contribution in [1.82, 2.24) is 9.97 Å². The van der Waals surface area contributed by atoms with Crippen molar-refractivity contribution >= 4 is 43.9 Å². The van der Waals surface area contributed by atoms with Gasteiger partial charge in [-0.2, -0.15) is 0 Å². The molecule has 0 spiro atoms. The lowest BCUT2D eigenvalue weighted by atomic mass is 10.5. The summed E-state index contributed by atoms with van der Waals surface area (Å²) in [6.07, 6.45) is 1.14. The number of hydrogen-bond acceptors (Lipinski definition) is 6. The molecular formula is C9H9ClN4O2S2. The quantitative estimate of drug-likeness (QED) is 0.902. The Hall–Kier alpha value is -1.38. The van der Waals surface area contributed by atoms with Gasteiger partial charge in [-0.1, -0.05) is 11.6 Å². The lowest BCUT2D eigenvalue weighted by Gasteiger charge is -2.05. The van der Waals surface area contributed by atoms with E-state index in [1.54, 1.807) is 12.3 Å². The second-order valence-corrected chi connectivity index (χ2v) is 6.39. The van der Waals surface area contributed by atoms with Crippen LogP contribution in [0.25, 0.3) is 0 Å². The van der Waals surface area contributed by atoms with Crippen molar-refractivity contribution in [3.05, 3.63) is 28.4 Å². The van der Waals surface area contributed by atoms with Crippen LogP contribution in [0.4, 0.5) is 10.9 Å². The van der Waals surface area contributed by atoms with E-state index in [0.29, 0.717) is 5.13 Å². The Bertz CT molecular complexity index is 684. The molecule has 0 aliphatic rings. The fraction of sp³-hybridized carbons (Fsp3) is 0.111. The summed E-state index contributed by atoms with van der Waals surface area (Å²) < 4.78 is 26.3. The first-order chi connectivity index (χ1) is 8.38. The molecule has 0 bridgehead atoms. The largest absolute Gasteiger partial charge is 0.382 e. The van der Waals surface area contributed by atoms with Crippen molar-refractivity contribution in [2.75, 3.05) is 10.5 Å². The number of nitrogens with zero attached hydrogens (tertiary/aromatic N) is 2. The van der Waals surface area contributed by atoms with Crippen LogP contribution in [0.2, 0.25) is 5.02 Å². The zero-order chi connectivity index (χ0) is 13.3. The molecule has 2 rings (SSSR count). The summed E-state index contributed by atoms with van der Waals surface area (Å²) >= 11 is 6.93. The van der Waals surface area contributed by atoms with Crippen LogP contribution >= 0.6 is 22.9 Å². The average molecular weight is 305 g/mol. The van der Waals surface area contributed by atoms with Crippen LogP contribution in [-0.4, -0.2) is 18.4 Å². The molecule has 0 saturated heterocycles. The van der Waals surface area contributed by atoms with E-state index in [1.165, 1.54) is 17.4 Å². The molecule has 9 heteroatoms. The number of rotatable bonds is 3. The van der Waals surface area contributed by atoms with E-state index in [4.69, 9.17) is 17.3 Å². The highest BCUT2D eigenvalue weighted by atomic mass is 35.5. The third-order valence-corrected chi connectivity index (χ3v) is 4.61. The topological polar surface area (TPSA) is 98.0 Å². The normalized spacial score (nSPS) is 11.4. The molecule has 0 amide bonds. The van der Waals surface area contributed by atoms with Crippen molar-refractivity contribution in [2.45, 2.75) is 11.8 Å². The van der Waals surface area contributed by atoms with Crippen molar-refractivity contribution in [2.24, 2.45) is 0 Å². The summed E-state index contributed by atoms with van der Waals surface area (Å²) in [6, 6.07) is 1.24. The summed E-state index contributed by atoms with van der Waals surface area (Å²) in [5.74, 6) is 0.0840. The number of hydrogen-bond donors (Lipinski definition) is 2. The van der Waals surface area contributed by atoms with E-state index in [9.17, 15) is 8.42 Å². The van der Waals surface area contributed by atoms with E-state index in [1.807, 2.05) is 0 Å². The number of nitrogens with two attached hydrogens (primary N) is 1. The molecule has 0 unspecified atom stereocenters. The zero-order valence-corrected chi connectivity index (χ0v) is 11.6. The second-order valence-electron chi connectivity index (χ2n) is 3.44. The number of pyridine rings is 1. The smallest absolute Gasteiger partial charge is 0.265 e. The number of nitrogens with one attached hydrogen (secondary N) is 1. The third-order valence-electron chi connectivity index (χ3n) is 2.00. The monoisotopic (exact) mass is 304 g/mol. The lowest BCUT2D eigenvalue weighted by Crippen LogP contribution is -2.13. The standard InChI is InChI=1S/C9H9ClN4O2S2/c1-5-4-17-9(13-5)14-18(15,16)6-2-7(10)8(11)12-3-6/h2-4H,1H3,(H2,11,12)(H,13,14). The Morgan fingerprint density at radius 2 is 2.22 bits per heavy atom. The Labute approximate surface area is 113 Å². The molecule has 0 saturated carbocycles. The van der Waals surface area contributed by atoms with Gasteiger partial charge in [0, 0.05) is 11.6 Å². The summed E-state index contributed by atoms with van der Waals surface area (Å²) in [7, 11) is -3.74. The molecule has 6 nitrogen and oxygen atoms in total. The Morgan fingerprint density at radius 3 is 2.78 bits per heavy atom. The number of halogens is 1. The molecule has 96 valence electrons. The molecule has 0 aromatic carbocycles. The Balaban J connectivity index is 2.33. The molecule has 2 aromatic rings. The van der Waals surface area contributed by atoms with Crippen molar-refractivity contribution in [1.29, 1.82) is 0 Å². The third kappa shape index (κ3) is 2.71. The van der Waals surface area contributed by atoms with Crippen molar-refractivity contribution in [3.63, 3.8) is 0 Å². The maximum atomic E-state index is 12.0. The van der Waals surface area contributed by atoms with Gasteiger partial charge in [-0.3, -0.25) is 4.72 Å². The molecule has 0 aliphatic carbocycles. The van der Waals surface area contributed by atoms with Gasteiger partial charge in [0.25, 0.3) is 10.0 Å². The summed E-state index contributed by atoms with van der Waals surface area (Å²) in [4.78, 5) is 7.65. The average Bonchev–Trinajstić information content (AvgIpc) is 2.67. The first-order valence-electron chi connectivity index (χ1n) is 4.74. The first kappa shape index (κ1) is 13.1. The van der Waals surface area contributed by atoms with E-state index >= 15 is 0 Å². The summed E-state index contributed by atoms with van der Waals surface area (Å²) in [5, 5.41) is 2.13. The molecular weight excluding hydrogens is 296 g/mol. The van der Waals surface area contributed by atoms with Crippen LogP contribution in [0.15, 0.2) is 22.5 Å². The van der Waals surface area contributed by atoms with Crippen LogP contribution in [0.5, 0.6) is 0 Å². The van der Waals surface area contributed by atoms with Crippen LogP contribution in [0.1, 0.15) is 5.69 Å². The van der Waals surface area contributed by atoms with Gasteiger partial charge in [-0.15, -0.1) is 11.3 Å². The van der Waals surface area contributed by atoms with Crippen LogP contribution in [-0.2, 0) is 10.0 Å². The van der Waals surface area contributed by atoms with Gasteiger partial charge in [-0.05, 0) is 13.0 Å². The fourth-order valence-electron chi connectivity index (χ4n) is 1.15. The van der Waals surface area contributed by atoms with Gasteiger partial charge >= 0.3 is 0 Å². The maximum absolute atomic E-state index is 12.0. The Kier molecular flexibility index (Phi) is 3.42. The van der Waals surface area contributed by atoms with Gasteiger partial charge in [0.1, 0.15) is 10.7 Å². The van der Waals surface area contributed by atoms with Gasteiger partial charge in [0.15, 0.2) is 5.13 Å². The SMILES string of the molecule is Cc1csc(NS(=O)(=O)c2cnc(N)c(Cl)c2)n1. The second kappa shape index (κ2) is 4.71. The number of thiazole rings is 1. The highest BCUT2D eigenvalue weighted by Crippen LogP contribution is 2.23. The van der Waals surface area contributed by atoms with Crippen LogP contribution in [0, 0.1) is 6.92 Å². The minimum Gasteiger partial charge on any atom is -0.382 e. The Morgan fingerprint density at radius 1 is 1.50 bits per heavy atom. The highest BCUT2D eigenvalue weighted by molar-refractivity contribution is 7.93. The number of nitrogen functional groups attached to an aromatic ring is 1. The first-order valence-corrected chi connectivity index (χ1v) is 7.48. The van der Waals surface area contributed by atoms with Gasteiger partial charge in [0.05, 0.1) is 10.7 Å². The molecule has 3 N–H and O–H groups in total. The molecule has 18 heavy (non-hydrogen) atoms. The van der Waals surface area contributed by atoms with Gasteiger partial charge < -0.3 is 5.73 Å². The minimum atomic E-state index is -3.74. The zero-order valence-electron chi connectivity index (χ0n) is 9.21. The number of aromatic nitrogens is 2. The molecule has 2 aromatic heterocycles. The number of sulfonamides is 1. The minimum absolute atomic E-state index is 0.0606. The summed E-state index contributed by atoms with van der Waals surface area (Å²) in [6.45, 7) is 1.77. The molecule has 2 heterocycles. The lowest BCUT2D eigenvalue weighted by molar-refractivity contribution is 0.601. The van der Waals surface area contributed by atoms with Crippen LogP contribution < -0.4 is 10.5 Å². The molecule has 0 fully saturated rings. The van der Waals surface area contributed by atoms with Crippen LogP contribution in [0.3, 0.4) is 0 Å². The fourth-order valence-corrected chi connectivity index (χ4v) is 3.29. The number of aryl methyl sites for hydroxylation is 1. The van der Waals surface area contributed by atoms with E-state index < -0.39 is 10.0 Å².